The lowest BCUT2D eigenvalue weighted by molar-refractivity contribution is -0.147. The molecule has 4 heteroatoms. The molecule has 2 heterocycles. The smallest absolute Gasteiger partial charge is 0.137 e. The number of hydrogen-bond acceptors (Lipinski definition) is 4. The lowest BCUT2D eigenvalue weighted by Gasteiger charge is -2.54. The first-order valence-corrected chi connectivity index (χ1v) is 27.2. The number of carbonyl (C=O) groups excluding carboxylic acids is 2. The minimum absolute atomic E-state index is 0.271. The molecule has 64 heavy (non-hydrogen) atoms. The van der Waals surface area contributed by atoms with Crippen LogP contribution in [0.15, 0.2) is 23.3 Å². The Balaban J connectivity index is 0.0000000951. The molecule has 2 aliphatic heterocycles. The van der Waals surface area contributed by atoms with Gasteiger partial charge in [0.15, 0.2) is 0 Å². The first-order valence-electron chi connectivity index (χ1n) is 27.2. The van der Waals surface area contributed by atoms with Crippen LogP contribution in [0.3, 0.4) is 0 Å². The molecule has 0 aromatic rings. The van der Waals surface area contributed by atoms with E-state index in [9.17, 15) is 9.59 Å². The maximum Gasteiger partial charge on any atom is 0.137 e. The van der Waals surface area contributed by atoms with Crippen molar-refractivity contribution in [1.82, 2.24) is 0 Å². The molecule has 14 aliphatic rings. The Bertz CT molecular complexity index is 1960. The Kier molecular flexibility index (Phi) is 9.13. The van der Waals surface area contributed by atoms with Crippen molar-refractivity contribution in [2.45, 2.75) is 238 Å². The lowest BCUT2D eigenvalue weighted by atomic mass is 9.49. The van der Waals surface area contributed by atoms with Gasteiger partial charge in [-0.25, -0.2) is 0 Å². The van der Waals surface area contributed by atoms with E-state index in [0.717, 1.165) is 49.4 Å². The Labute approximate surface area is 390 Å². The van der Waals surface area contributed by atoms with Crippen molar-refractivity contribution in [2.24, 2.45) is 100 Å². The Morgan fingerprint density at radius 3 is 1.14 bits per heavy atom. The van der Waals surface area contributed by atoms with Crippen molar-refractivity contribution in [1.29, 1.82) is 0 Å². The summed E-state index contributed by atoms with van der Waals surface area (Å²) in [7, 11) is 0. The van der Waals surface area contributed by atoms with Gasteiger partial charge in [-0.3, -0.25) is 9.59 Å². The largest absolute Gasteiger partial charge is 0.369 e. The van der Waals surface area contributed by atoms with Crippen molar-refractivity contribution in [3.63, 3.8) is 0 Å². The molecule has 12 fully saturated rings. The number of fused-ring (bicyclic) bond motifs is 6. The molecule has 2 saturated heterocycles. The zero-order chi connectivity index (χ0) is 46.2. The van der Waals surface area contributed by atoms with Gasteiger partial charge in [-0.2, -0.15) is 0 Å². The molecule has 0 amide bonds. The fourth-order valence-corrected chi connectivity index (χ4v) is 21.7. The molecule has 8 bridgehead atoms. The zero-order valence-corrected chi connectivity index (χ0v) is 43.9. The summed E-state index contributed by atoms with van der Waals surface area (Å²) < 4.78 is 12.1. The number of hydrogen-bond donors (Lipinski definition) is 0. The quantitative estimate of drug-likeness (QED) is 0.180. The molecule has 14 atom stereocenters. The van der Waals surface area contributed by atoms with Crippen LogP contribution in [0.2, 0.25) is 0 Å². The van der Waals surface area contributed by atoms with Crippen molar-refractivity contribution in [2.75, 3.05) is 0 Å². The minimum Gasteiger partial charge on any atom is -0.369 e. The summed E-state index contributed by atoms with van der Waals surface area (Å²) in [5.41, 5.74) is 7.98. The number of epoxide rings is 2. The highest BCUT2D eigenvalue weighted by Gasteiger charge is 2.76. The number of allylic oxidation sites excluding steroid dienone is 2. The van der Waals surface area contributed by atoms with E-state index in [4.69, 9.17) is 9.47 Å². The van der Waals surface area contributed by atoms with Gasteiger partial charge in [-0.15, -0.1) is 0 Å². The second-order valence-corrected chi connectivity index (χ2v) is 30.6. The van der Waals surface area contributed by atoms with Crippen LogP contribution in [-0.4, -0.2) is 36.0 Å². The Morgan fingerprint density at radius 2 is 0.812 bits per heavy atom. The Morgan fingerprint density at radius 1 is 0.453 bits per heavy atom. The topological polar surface area (TPSA) is 59.2 Å². The van der Waals surface area contributed by atoms with Crippen LogP contribution in [0.1, 0.15) is 214 Å². The molecule has 12 aliphatic carbocycles. The highest BCUT2D eigenvalue weighted by Crippen LogP contribution is 2.79. The van der Waals surface area contributed by atoms with Crippen LogP contribution >= 0.6 is 0 Å². The van der Waals surface area contributed by atoms with Crippen molar-refractivity contribution >= 4 is 11.6 Å². The van der Waals surface area contributed by atoms with E-state index in [0.29, 0.717) is 102 Å². The highest BCUT2D eigenvalue weighted by atomic mass is 16.6. The molecule has 356 valence electrons. The third kappa shape index (κ3) is 5.27. The summed E-state index contributed by atoms with van der Waals surface area (Å²) in [6, 6.07) is 0. The number of ether oxygens (including phenoxy) is 2. The van der Waals surface area contributed by atoms with Crippen LogP contribution in [-0.2, 0) is 19.1 Å². The van der Waals surface area contributed by atoms with Crippen LogP contribution < -0.4 is 0 Å². The van der Waals surface area contributed by atoms with Crippen molar-refractivity contribution < 1.29 is 19.1 Å². The second-order valence-electron chi connectivity index (χ2n) is 30.6. The summed E-state index contributed by atoms with van der Waals surface area (Å²) in [4.78, 5) is 24.7. The zero-order valence-electron chi connectivity index (χ0n) is 43.9. The van der Waals surface area contributed by atoms with E-state index in [1.807, 2.05) is 0 Å². The van der Waals surface area contributed by atoms with Gasteiger partial charge in [-0.1, -0.05) is 134 Å². The van der Waals surface area contributed by atoms with Gasteiger partial charge in [0.25, 0.3) is 0 Å². The second kappa shape index (κ2) is 12.9. The molecule has 0 aromatic carbocycles. The highest BCUT2D eigenvalue weighted by molar-refractivity contribution is 5.85. The van der Waals surface area contributed by atoms with Crippen molar-refractivity contribution in [3.05, 3.63) is 23.3 Å². The lowest BCUT2D eigenvalue weighted by Crippen LogP contribution is -2.52. The first kappa shape index (κ1) is 45.2. The van der Waals surface area contributed by atoms with Crippen molar-refractivity contribution in [3.8, 4) is 0 Å². The molecular formula is C60H92O4. The van der Waals surface area contributed by atoms with E-state index < -0.39 is 0 Å². The molecular weight excluding hydrogens is 785 g/mol. The predicted octanol–water partition coefficient (Wildman–Crippen LogP) is 14.7. The first-order chi connectivity index (χ1) is 29.4. The minimum atomic E-state index is 0.271. The van der Waals surface area contributed by atoms with Gasteiger partial charge in [0.1, 0.15) is 11.6 Å². The van der Waals surface area contributed by atoms with E-state index in [1.165, 1.54) is 77.0 Å². The summed E-state index contributed by atoms with van der Waals surface area (Å²) in [5, 5.41) is 0. The van der Waals surface area contributed by atoms with Crippen LogP contribution in [0, 0.1) is 100 Å². The molecule has 0 radical (unpaired) electrons. The third-order valence-corrected chi connectivity index (χ3v) is 25.7. The number of carbonyl (C=O) groups is 2. The summed E-state index contributed by atoms with van der Waals surface area (Å²) in [5.74, 6) is 5.11. The van der Waals surface area contributed by atoms with E-state index in [2.05, 4.69) is 123 Å². The SMILES string of the molecule is CC1(C)CC2O[C@@H]2[C@@]23CC[C@@H](C=C12)C3(C)C.CC1(C)C[C@H]2O[C@H]2[C@@]23CC[C@@H](C=C12)C3(C)C.CC1(C)[C@H]2CC[C@]3(C2)[C@@H]1C(=O)CCC3(C)C.CC1(C)[C@H]2CC[C@]3(C2)[C@H]1C(=O)CCC3(C)C. The van der Waals surface area contributed by atoms with Gasteiger partial charge in [0.05, 0.1) is 24.4 Å². The average molecular weight is 877 g/mol. The average Bonchev–Trinajstić information content (AvgIpc) is 3.68. The third-order valence-electron chi connectivity index (χ3n) is 25.7. The van der Waals surface area contributed by atoms with E-state index >= 15 is 0 Å². The number of ketones is 2. The fraction of sp³-hybridized carbons (Fsp3) is 0.900. The van der Waals surface area contributed by atoms with Gasteiger partial charge in [-0.05, 0) is 168 Å². The monoisotopic (exact) mass is 877 g/mol. The molecule has 1 unspecified atom stereocenters. The molecule has 0 aromatic heterocycles. The van der Waals surface area contributed by atoms with Gasteiger partial charge in [0, 0.05) is 35.5 Å². The van der Waals surface area contributed by atoms with Gasteiger partial charge >= 0.3 is 0 Å². The normalized spacial score (nSPS) is 51.2. The standard InChI is InChI=1S/2C15H22O.2C15H24O/c2*1-13(2)8-10-12(16-10)15-6-5-9(7-11(13)15)14(15,3)4;2*1-13(2)7-6-11(16)12-14(3,4)10-5-8-15(12,13)9-10/h2*7,9-10,12H,5-6,8H2,1-4H3;2*10,12H,5-9H2,1-4H3/t9-,10?,12-,15+;9-,10+,12+,15+;10-,12+,15-;10-,12-,15-/m0000/s1. The van der Waals surface area contributed by atoms with E-state index in [1.54, 1.807) is 11.1 Å². The van der Waals surface area contributed by atoms with Crippen LogP contribution in [0.4, 0.5) is 0 Å². The summed E-state index contributed by atoms with van der Waals surface area (Å²) >= 11 is 0. The van der Waals surface area contributed by atoms with Crippen LogP contribution in [0.5, 0.6) is 0 Å². The number of rotatable bonds is 0. The van der Waals surface area contributed by atoms with Crippen LogP contribution in [0.25, 0.3) is 0 Å². The summed E-state index contributed by atoms with van der Waals surface area (Å²) in [6.45, 7) is 38.7. The van der Waals surface area contributed by atoms with Gasteiger partial charge < -0.3 is 9.47 Å². The molecule has 4 nitrogen and oxygen atoms in total. The molecule has 10 saturated carbocycles. The van der Waals surface area contributed by atoms with Gasteiger partial charge in [0.2, 0.25) is 0 Å². The fourth-order valence-electron chi connectivity index (χ4n) is 21.7. The molecule has 4 spiro atoms. The molecule has 0 N–H and O–H groups in total. The molecule has 14 rings (SSSR count). The Hall–Kier alpha value is -1.26. The maximum absolute atomic E-state index is 12.4. The summed E-state index contributed by atoms with van der Waals surface area (Å²) in [6.07, 6.45) is 27.4. The number of Topliss-reactive ketones (excluding diaryl/α,β-unsaturated/α-hetero) is 2. The predicted molar refractivity (Wildman–Crippen MR) is 258 cm³/mol. The maximum atomic E-state index is 12.4. The van der Waals surface area contributed by atoms with E-state index in [-0.39, 0.29) is 10.8 Å².